The maximum absolute atomic E-state index is 5.70. The molecule has 1 unspecified atom stereocenters. The van der Waals surface area contributed by atoms with Crippen molar-refractivity contribution in [2.75, 3.05) is 0 Å². The van der Waals surface area contributed by atoms with Crippen LogP contribution in [0.2, 0.25) is 0 Å². The lowest BCUT2D eigenvalue weighted by Crippen LogP contribution is -2.35. The lowest BCUT2D eigenvalue weighted by Gasteiger charge is -2.20. The van der Waals surface area contributed by atoms with Crippen LogP contribution >= 0.6 is 0 Å². The monoisotopic (exact) mass is 236 g/mol. The van der Waals surface area contributed by atoms with Gasteiger partial charge in [0.1, 0.15) is 0 Å². The van der Waals surface area contributed by atoms with Crippen molar-refractivity contribution in [3.05, 3.63) is 23.9 Å². The van der Waals surface area contributed by atoms with Gasteiger partial charge in [-0.15, -0.1) is 0 Å². The summed E-state index contributed by atoms with van der Waals surface area (Å²) in [6.07, 6.45) is 3.01. The third-order valence-electron chi connectivity index (χ3n) is 2.52. The highest BCUT2D eigenvalue weighted by Crippen LogP contribution is 2.13. The van der Waals surface area contributed by atoms with Gasteiger partial charge in [0, 0.05) is 24.3 Å². The number of pyridine rings is 1. The van der Waals surface area contributed by atoms with E-state index in [1.165, 1.54) is 5.56 Å². The standard InChI is InChI=1S/C14H24N2O/c1-6-11(2)17-13-9-12(7-8-15-13)10-16-14(3,4)5/h7-9,11,16H,6,10H2,1-5H3. The molecule has 1 atom stereocenters. The molecule has 0 bridgehead atoms. The normalized spacial score (nSPS) is 13.5. The predicted octanol–water partition coefficient (Wildman–Crippen LogP) is 3.15. The van der Waals surface area contributed by atoms with E-state index >= 15 is 0 Å². The van der Waals surface area contributed by atoms with Gasteiger partial charge in [-0.3, -0.25) is 0 Å². The van der Waals surface area contributed by atoms with Gasteiger partial charge in [0.05, 0.1) is 6.10 Å². The number of aromatic nitrogens is 1. The first-order valence-electron chi connectivity index (χ1n) is 6.27. The van der Waals surface area contributed by atoms with Crippen LogP contribution in [0.1, 0.15) is 46.6 Å². The molecule has 0 saturated heterocycles. The van der Waals surface area contributed by atoms with Crippen LogP contribution in [-0.4, -0.2) is 16.6 Å². The Hall–Kier alpha value is -1.09. The summed E-state index contributed by atoms with van der Waals surface area (Å²) in [5.41, 5.74) is 1.33. The van der Waals surface area contributed by atoms with E-state index in [0.29, 0.717) is 5.88 Å². The second-order valence-electron chi connectivity index (χ2n) is 5.44. The molecule has 0 aromatic carbocycles. The molecule has 0 spiro atoms. The van der Waals surface area contributed by atoms with E-state index < -0.39 is 0 Å². The van der Waals surface area contributed by atoms with Gasteiger partial charge in [-0.2, -0.15) is 0 Å². The Morgan fingerprint density at radius 1 is 1.41 bits per heavy atom. The molecule has 0 aliphatic rings. The topological polar surface area (TPSA) is 34.1 Å². The number of rotatable bonds is 5. The van der Waals surface area contributed by atoms with Gasteiger partial charge in [0.2, 0.25) is 5.88 Å². The summed E-state index contributed by atoms with van der Waals surface area (Å²) >= 11 is 0. The number of nitrogens with one attached hydrogen (secondary N) is 1. The van der Waals surface area contributed by atoms with Gasteiger partial charge in [-0.25, -0.2) is 4.98 Å². The minimum atomic E-state index is 0.126. The maximum Gasteiger partial charge on any atom is 0.213 e. The van der Waals surface area contributed by atoms with E-state index in [0.717, 1.165) is 13.0 Å². The SMILES string of the molecule is CCC(C)Oc1cc(CNC(C)(C)C)ccn1. The third-order valence-corrected chi connectivity index (χ3v) is 2.52. The van der Waals surface area contributed by atoms with Crippen molar-refractivity contribution in [2.24, 2.45) is 0 Å². The lowest BCUT2D eigenvalue weighted by molar-refractivity contribution is 0.208. The summed E-state index contributed by atoms with van der Waals surface area (Å²) in [6, 6.07) is 4.02. The van der Waals surface area contributed by atoms with Crippen LogP contribution in [0.3, 0.4) is 0 Å². The van der Waals surface area contributed by atoms with E-state index in [2.05, 4.69) is 44.9 Å². The Bertz CT molecular complexity index is 344. The molecule has 0 amide bonds. The fraction of sp³-hybridized carbons (Fsp3) is 0.643. The van der Waals surface area contributed by atoms with Crippen LogP contribution < -0.4 is 10.1 Å². The average Bonchev–Trinajstić information content (AvgIpc) is 2.26. The molecular weight excluding hydrogens is 212 g/mol. The zero-order chi connectivity index (χ0) is 12.9. The van der Waals surface area contributed by atoms with Gasteiger partial charge in [-0.1, -0.05) is 6.92 Å². The van der Waals surface area contributed by atoms with E-state index in [4.69, 9.17) is 4.74 Å². The summed E-state index contributed by atoms with van der Waals surface area (Å²) in [4.78, 5) is 4.22. The highest BCUT2D eigenvalue weighted by molar-refractivity contribution is 5.20. The van der Waals surface area contributed by atoms with Crippen LogP contribution in [0.15, 0.2) is 18.3 Å². The van der Waals surface area contributed by atoms with Crippen molar-refractivity contribution in [1.82, 2.24) is 10.3 Å². The maximum atomic E-state index is 5.70. The van der Waals surface area contributed by atoms with Crippen LogP contribution in [0.4, 0.5) is 0 Å². The molecule has 3 heteroatoms. The Morgan fingerprint density at radius 2 is 2.12 bits per heavy atom. The first kappa shape index (κ1) is 14.0. The summed E-state index contributed by atoms with van der Waals surface area (Å²) in [5.74, 6) is 0.715. The predicted molar refractivity (Wildman–Crippen MR) is 71.2 cm³/mol. The third kappa shape index (κ3) is 5.68. The Balaban J connectivity index is 2.60. The number of ether oxygens (including phenoxy) is 1. The summed E-state index contributed by atoms with van der Waals surface area (Å²) in [5, 5.41) is 3.45. The number of hydrogen-bond donors (Lipinski definition) is 1. The highest BCUT2D eigenvalue weighted by atomic mass is 16.5. The molecule has 0 radical (unpaired) electrons. The molecule has 96 valence electrons. The molecule has 3 nitrogen and oxygen atoms in total. The zero-order valence-electron chi connectivity index (χ0n) is 11.6. The largest absolute Gasteiger partial charge is 0.475 e. The Kier molecular flexibility index (Phi) is 4.94. The molecular formula is C14H24N2O. The van der Waals surface area contributed by atoms with Crippen LogP contribution in [0.25, 0.3) is 0 Å². The van der Waals surface area contributed by atoms with Crippen molar-refractivity contribution < 1.29 is 4.74 Å². The van der Waals surface area contributed by atoms with Crippen molar-refractivity contribution >= 4 is 0 Å². The summed E-state index contributed by atoms with van der Waals surface area (Å²) in [7, 11) is 0. The molecule has 1 aromatic heterocycles. The van der Waals surface area contributed by atoms with Gasteiger partial charge in [0.25, 0.3) is 0 Å². The van der Waals surface area contributed by atoms with Gasteiger partial charge in [0.15, 0.2) is 0 Å². The van der Waals surface area contributed by atoms with Gasteiger partial charge in [-0.05, 0) is 45.7 Å². The first-order chi connectivity index (χ1) is 7.90. The van der Waals surface area contributed by atoms with Crippen LogP contribution in [0, 0.1) is 0 Å². The second kappa shape index (κ2) is 6.01. The first-order valence-corrected chi connectivity index (χ1v) is 6.27. The minimum absolute atomic E-state index is 0.126. The van der Waals surface area contributed by atoms with Crippen LogP contribution in [0.5, 0.6) is 5.88 Å². The molecule has 0 saturated carbocycles. The van der Waals surface area contributed by atoms with Gasteiger partial charge < -0.3 is 10.1 Å². The second-order valence-corrected chi connectivity index (χ2v) is 5.44. The highest BCUT2D eigenvalue weighted by Gasteiger charge is 2.09. The van der Waals surface area contributed by atoms with E-state index in [-0.39, 0.29) is 11.6 Å². The summed E-state index contributed by atoms with van der Waals surface area (Å²) in [6.45, 7) is 11.5. The van der Waals surface area contributed by atoms with Crippen molar-refractivity contribution in [3.63, 3.8) is 0 Å². The smallest absolute Gasteiger partial charge is 0.213 e. The van der Waals surface area contributed by atoms with Crippen molar-refractivity contribution in [3.8, 4) is 5.88 Å². The molecule has 1 N–H and O–H groups in total. The minimum Gasteiger partial charge on any atom is -0.475 e. The number of nitrogens with zero attached hydrogens (tertiary/aromatic N) is 1. The quantitative estimate of drug-likeness (QED) is 0.852. The molecule has 17 heavy (non-hydrogen) atoms. The number of hydrogen-bond acceptors (Lipinski definition) is 3. The molecule has 1 heterocycles. The van der Waals surface area contributed by atoms with E-state index in [9.17, 15) is 0 Å². The Morgan fingerprint density at radius 3 is 2.71 bits per heavy atom. The van der Waals surface area contributed by atoms with Crippen LogP contribution in [-0.2, 0) is 6.54 Å². The van der Waals surface area contributed by atoms with Crippen molar-refractivity contribution in [1.29, 1.82) is 0 Å². The van der Waals surface area contributed by atoms with E-state index in [1.807, 2.05) is 12.1 Å². The zero-order valence-corrected chi connectivity index (χ0v) is 11.6. The van der Waals surface area contributed by atoms with Crippen molar-refractivity contribution in [2.45, 2.75) is 59.2 Å². The fourth-order valence-electron chi connectivity index (χ4n) is 1.28. The Labute approximate surface area is 105 Å². The van der Waals surface area contributed by atoms with E-state index in [1.54, 1.807) is 6.20 Å². The fourth-order valence-corrected chi connectivity index (χ4v) is 1.28. The molecule has 0 aliphatic heterocycles. The molecule has 0 aliphatic carbocycles. The lowest BCUT2D eigenvalue weighted by atomic mass is 10.1. The average molecular weight is 236 g/mol. The molecule has 1 aromatic rings. The molecule has 1 rings (SSSR count). The van der Waals surface area contributed by atoms with Gasteiger partial charge >= 0.3 is 0 Å². The summed E-state index contributed by atoms with van der Waals surface area (Å²) < 4.78 is 5.70. The molecule has 0 fully saturated rings.